The molecule has 0 bridgehead atoms. The van der Waals surface area contributed by atoms with Gasteiger partial charge in [-0.25, -0.2) is 13.2 Å². The molecular formula is C23H29F3N3O5+. The molecule has 1 unspecified atom stereocenters. The summed E-state index contributed by atoms with van der Waals surface area (Å²) in [5.74, 6) is -3.99. The Bertz CT molecular complexity index is 1020. The summed E-state index contributed by atoms with van der Waals surface area (Å²) < 4.78 is 56.1. The van der Waals surface area contributed by atoms with Crippen LogP contribution in [0, 0.1) is 17.5 Å². The summed E-state index contributed by atoms with van der Waals surface area (Å²) >= 11 is 0. The molecule has 0 aromatic heterocycles. The van der Waals surface area contributed by atoms with Crippen LogP contribution in [0.15, 0.2) is 24.3 Å². The molecule has 0 spiro atoms. The number of quaternary nitrogens is 1. The topological polar surface area (TPSA) is 90.3 Å². The maximum atomic E-state index is 13.8. The van der Waals surface area contributed by atoms with E-state index in [9.17, 15) is 22.8 Å². The van der Waals surface area contributed by atoms with Gasteiger partial charge in [0, 0.05) is 18.2 Å². The van der Waals surface area contributed by atoms with E-state index in [0.29, 0.717) is 40.7 Å². The summed E-state index contributed by atoms with van der Waals surface area (Å²) in [7, 11) is 4.49. The highest BCUT2D eigenvalue weighted by Crippen LogP contribution is 2.34. The van der Waals surface area contributed by atoms with E-state index >= 15 is 0 Å². The van der Waals surface area contributed by atoms with Crippen molar-refractivity contribution in [2.45, 2.75) is 19.9 Å². The molecule has 2 amide bonds. The van der Waals surface area contributed by atoms with Crippen molar-refractivity contribution in [3.63, 3.8) is 0 Å². The number of hydrogen-bond donors (Lipinski definition) is 3. The predicted molar refractivity (Wildman–Crippen MR) is 119 cm³/mol. The Balaban J connectivity index is 2.00. The number of amides is 2. The molecular weight excluding hydrogens is 455 g/mol. The van der Waals surface area contributed by atoms with Gasteiger partial charge in [-0.1, -0.05) is 6.92 Å². The quantitative estimate of drug-likeness (QED) is 0.399. The van der Waals surface area contributed by atoms with Gasteiger partial charge in [-0.05, 0) is 24.6 Å². The van der Waals surface area contributed by atoms with Crippen molar-refractivity contribution < 1.29 is 41.9 Å². The first-order valence-electron chi connectivity index (χ1n) is 10.6. The molecule has 0 saturated carbocycles. The van der Waals surface area contributed by atoms with Gasteiger partial charge in [0.15, 0.2) is 42.0 Å². The average molecular weight is 484 g/mol. The number of anilines is 1. The van der Waals surface area contributed by atoms with Gasteiger partial charge in [0.2, 0.25) is 0 Å². The van der Waals surface area contributed by atoms with Gasteiger partial charge < -0.3 is 29.7 Å². The number of rotatable bonds is 12. The molecule has 0 aliphatic heterocycles. The molecule has 34 heavy (non-hydrogen) atoms. The second kappa shape index (κ2) is 12.7. The van der Waals surface area contributed by atoms with Crippen molar-refractivity contribution in [2.75, 3.05) is 46.3 Å². The van der Waals surface area contributed by atoms with Crippen molar-refractivity contribution in [2.24, 2.45) is 0 Å². The number of ether oxygens (including phenoxy) is 3. The van der Waals surface area contributed by atoms with Crippen LogP contribution >= 0.6 is 0 Å². The average Bonchev–Trinajstić information content (AvgIpc) is 2.82. The fourth-order valence-electron chi connectivity index (χ4n) is 3.35. The zero-order valence-corrected chi connectivity index (χ0v) is 19.5. The molecule has 2 aromatic carbocycles. The Morgan fingerprint density at radius 1 is 0.882 bits per heavy atom. The zero-order valence-electron chi connectivity index (χ0n) is 19.5. The highest BCUT2D eigenvalue weighted by molar-refractivity contribution is 5.91. The van der Waals surface area contributed by atoms with Crippen molar-refractivity contribution in [3.05, 3.63) is 47.3 Å². The first kappa shape index (κ1) is 26.8. The van der Waals surface area contributed by atoms with E-state index < -0.39 is 29.0 Å². The molecule has 8 nitrogen and oxygen atoms in total. The van der Waals surface area contributed by atoms with Crippen LogP contribution in [0.4, 0.5) is 18.9 Å². The van der Waals surface area contributed by atoms with Gasteiger partial charge >= 0.3 is 0 Å². The van der Waals surface area contributed by atoms with Gasteiger partial charge in [0.05, 0.1) is 33.6 Å². The van der Waals surface area contributed by atoms with Crippen molar-refractivity contribution in [1.82, 2.24) is 5.32 Å². The minimum absolute atomic E-state index is 0.0306. The Kier molecular flexibility index (Phi) is 9.99. The summed E-state index contributed by atoms with van der Waals surface area (Å²) in [6, 6.07) is 5.00. The molecule has 0 saturated heterocycles. The molecule has 0 aliphatic rings. The van der Waals surface area contributed by atoms with E-state index in [1.807, 2.05) is 6.92 Å². The van der Waals surface area contributed by atoms with E-state index in [1.54, 1.807) is 12.1 Å². The third-order valence-corrected chi connectivity index (χ3v) is 5.00. The van der Waals surface area contributed by atoms with Crippen molar-refractivity contribution in [1.29, 1.82) is 0 Å². The Morgan fingerprint density at radius 3 is 2.12 bits per heavy atom. The smallest absolute Gasteiger partial charge is 0.279 e. The van der Waals surface area contributed by atoms with E-state index in [1.165, 1.54) is 21.3 Å². The second-order valence-electron chi connectivity index (χ2n) is 7.42. The standard InChI is InChI=1S/C23H28F3N3O5/c1-5-8-29(13-21(31)28-16-7-6-15(24)22(25)23(16)26)12-20(30)27-11-14-9-18(33-3)19(34-4)10-17(14)32-2/h6-7,9-10H,5,8,11-13H2,1-4H3,(H,27,30)(H,28,31)/p+1. The Labute approximate surface area is 196 Å². The number of carbonyl (C=O) groups excluding carboxylic acids is 2. The SMILES string of the molecule is CCC[NH+](CC(=O)NCc1cc(OC)c(OC)cc1OC)CC(=O)Nc1ccc(F)c(F)c1F. The third kappa shape index (κ3) is 7.01. The van der Waals surface area contributed by atoms with Crippen LogP contribution in [0.5, 0.6) is 17.2 Å². The summed E-state index contributed by atoms with van der Waals surface area (Å²) in [5.41, 5.74) is 0.196. The van der Waals surface area contributed by atoms with Crippen LogP contribution in [0.1, 0.15) is 18.9 Å². The number of hydrogen-bond acceptors (Lipinski definition) is 5. The summed E-state index contributed by atoms with van der Waals surface area (Å²) in [4.78, 5) is 25.5. The molecule has 0 heterocycles. The lowest BCUT2D eigenvalue weighted by Crippen LogP contribution is -3.14. The molecule has 0 aliphatic carbocycles. The molecule has 1 atom stereocenters. The largest absolute Gasteiger partial charge is 0.496 e. The van der Waals surface area contributed by atoms with E-state index in [4.69, 9.17) is 14.2 Å². The maximum absolute atomic E-state index is 13.8. The van der Waals surface area contributed by atoms with Crippen LogP contribution in [0.3, 0.4) is 0 Å². The fourth-order valence-corrected chi connectivity index (χ4v) is 3.35. The molecule has 2 rings (SSSR count). The lowest BCUT2D eigenvalue weighted by atomic mass is 10.1. The highest BCUT2D eigenvalue weighted by Gasteiger charge is 2.21. The lowest BCUT2D eigenvalue weighted by Gasteiger charge is -2.19. The predicted octanol–water partition coefficient (Wildman–Crippen LogP) is 1.68. The molecule has 3 N–H and O–H groups in total. The molecule has 2 aromatic rings. The van der Waals surface area contributed by atoms with Crippen molar-refractivity contribution in [3.8, 4) is 17.2 Å². The Morgan fingerprint density at radius 2 is 1.50 bits per heavy atom. The summed E-state index contributed by atoms with van der Waals surface area (Å²) in [6.07, 6.45) is 0.679. The van der Waals surface area contributed by atoms with E-state index in [2.05, 4.69) is 10.6 Å². The van der Waals surface area contributed by atoms with Gasteiger partial charge in [0.1, 0.15) is 5.75 Å². The first-order chi connectivity index (χ1) is 16.2. The minimum atomic E-state index is -1.67. The summed E-state index contributed by atoms with van der Waals surface area (Å²) in [6.45, 7) is 2.32. The van der Waals surface area contributed by atoms with Crippen molar-refractivity contribution >= 4 is 17.5 Å². The molecule has 0 radical (unpaired) electrons. The number of benzene rings is 2. The normalized spacial score (nSPS) is 11.5. The first-order valence-corrected chi connectivity index (χ1v) is 10.6. The van der Waals surface area contributed by atoms with Crippen LogP contribution in [0.2, 0.25) is 0 Å². The van der Waals surface area contributed by atoms with E-state index in [0.717, 1.165) is 12.1 Å². The third-order valence-electron chi connectivity index (χ3n) is 5.00. The van der Waals surface area contributed by atoms with Crippen LogP contribution < -0.4 is 29.7 Å². The second-order valence-corrected chi connectivity index (χ2v) is 7.42. The molecule has 11 heteroatoms. The van der Waals surface area contributed by atoms with Crippen LogP contribution in [-0.4, -0.2) is 52.8 Å². The van der Waals surface area contributed by atoms with Crippen LogP contribution in [0.25, 0.3) is 0 Å². The molecule has 0 fully saturated rings. The van der Waals surface area contributed by atoms with Gasteiger partial charge in [-0.2, -0.15) is 0 Å². The van der Waals surface area contributed by atoms with E-state index in [-0.39, 0.29) is 25.5 Å². The fraction of sp³-hybridized carbons (Fsp3) is 0.391. The summed E-state index contributed by atoms with van der Waals surface area (Å²) in [5, 5.41) is 5.00. The van der Waals surface area contributed by atoms with Gasteiger partial charge in [-0.15, -0.1) is 0 Å². The zero-order chi connectivity index (χ0) is 25.3. The van der Waals surface area contributed by atoms with Crippen LogP contribution in [-0.2, 0) is 16.1 Å². The monoisotopic (exact) mass is 484 g/mol. The number of halogens is 3. The number of nitrogens with one attached hydrogen (secondary N) is 3. The lowest BCUT2D eigenvalue weighted by molar-refractivity contribution is -0.883. The molecule has 186 valence electrons. The highest BCUT2D eigenvalue weighted by atomic mass is 19.2. The number of methoxy groups -OCH3 is 3. The van der Waals surface area contributed by atoms with Gasteiger partial charge in [0.25, 0.3) is 11.8 Å². The maximum Gasteiger partial charge on any atom is 0.279 e. The Hall–Kier alpha value is -3.47. The minimum Gasteiger partial charge on any atom is -0.496 e. The van der Waals surface area contributed by atoms with Gasteiger partial charge in [-0.3, -0.25) is 9.59 Å². The number of carbonyl (C=O) groups is 2.